The van der Waals surface area contributed by atoms with Crippen LogP contribution in [-0.4, -0.2) is 29.4 Å². The molecule has 7 nitrogen and oxygen atoms in total. The van der Waals surface area contributed by atoms with Crippen LogP contribution in [0.15, 0.2) is 18.2 Å². The highest BCUT2D eigenvalue weighted by Crippen LogP contribution is 2.24. The zero-order valence-electron chi connectivity index (χ0n) is 12.6. The summed E-state index contributed by atoms with van der Waals surface area (Å²) in [6.45, 7) is 4.84. The van der Waals surface area contributed by atoms with Gasteiger partial charge >= 0.3 is 11.9 Å². The first kappa shape index (κ1) is 19.1. The van der Waals surface area contributed by atoms with Gasteiger partial charge in [-0.25, -0.2) is 0 Å². The summed E-state index contributed by atoms with van der Waals surface area (Å²) in [6.07, 6.45) is -0.361. The molecule has 0 heterocycles. The summed E-state index contributed by atoms with van der Waals surface area (Å²) in [5, 5.41) is 16.6. The number of carbonyl (C=O) groups is 3. The van der Waals surface area contributed by atoms with E-state index in [1.165, 1.54) is 19.9 Å². The number of hydrogen-bond donors (Lipinski definition) is 1. The summed E-state index contributed by atoms with van der Waals surface area (Å²) in [6, 6.07) is 6.64. The third-order valence-electron chi connectivity index (χ3n) is 2.04. The molecule has 0 aliphatic heterocycles. The predicted octanol–water partition coefficient (Wildman–Crippen LogP) is 1.93. The van der Waals surface area contributed by atoms with E-state index in [9.17, 15) is 14.4 Å². The minimum absolute atomic E-state index is 0.312. The smallest absolute Gasteiger partial charge is 0.310 e. The van der Waals surface area contributed by atoms with Crippen molar-refractivity contribution in [1.29, 1.82) is 5.26 Å². The summed E-state index contributed by atoms with van der Waals surface area (Å²) < 4.78 is 10.1. The highest BCUT2D eigenvalue weighted by molar-refractivity contribution is 5.93. The molecule has 0 saturated carbocycles. The van der Waals surface area contributed by atoms with Gasteiger partial charge < -0.3 is 14.6 Å². The fraction of sp³-hybridized carbons (Fsp3) is 0.333. The Morgan fingerprint density at radius 3 is 2.27 bits per heavy atom. The summed E-state index contributed by atoms with van der Waals surface area (Å²) in [5.41, 5.74) is 0.424. The van der Waals surface area contributed by atoms with E-state index < -0.39 is 11.9 Å². The Morgan fingerprint density at radius 2 is 1.91 bits per heavy atom. The lowest BCUT2D eigenvalue weighted by Gasteiger charge is -2.07. The van der Waals surface area contributed by atoms with Crippen molar-refractivity contribution in [1.82, 2.24) is 0 Å². The topological polar surface area (TPSA) is 114 Å². The summed E-state index contributed by atoms with van der Waals surface area (Å²) in [4.78, 5) is 30.2. The van der Waals surface area contributed by atoms with E-state index in [1.54, 1.807) is 12.1 Å². The van der Waals surface area contributed by atoms with Gasteiger partial charge in [-0.15, -0.1) is 0 Å². The van der Waals surface area contributed by atoms with Crippen molar-refractivity contribution < 1.29 is 29.0 Å². The predicted molar refractivity (Wildman–Crippen MR) is 76.6 cm³/mol. The first-order valence-electron chi connectivity index (χ1n) is 6.36. The number of aliphatic carboxylic acids is 1. The summed E-state index contributed by atoms with van der Waals surface area (Å²) >= 11 is 0. The Bertz CT molecular complexity index is 576. The summed E-state index contributed by atoms with van der Waals surface area (Å²) in [5.74, 6) is -0.967. The highest BCUT2D eigenvalue weighted by atomic mass is 16.5. The largest absolute Gasteiger partial charge is 0.492 e. The van der Waals surface area contributed by atoms with E-state index in [2.05, 4.69) is 0 Å². The van der Waals surface area contributed by atoms with Crippen LogP contribution in [0, 0.1) is 11.3 Å². The molecule has 1 aromatic carbocycles. The van der Waals surface area contributed by atoms with Crippen molar-refractivity contribution in [2.24, 2.45) is 0 Å². The van der Waals surface area contributed by atoms with Gasteiger partial charge in [-0.05, 0) is 26.0 Å². The van der Waals surface area contributed by atoms with E-state index in [-0.39, 0.29) is 12.2 Å². The quantitative estimate of drug-likeness (QED) is 0.502. The fourth-order valence-electron chi connectivity index (χ4n) is 1.31. The maximum atomic E-state index is 10.7. The Kier molecular flexibility index (Phi) is 8.63. The van der Waals surface area contributed by atoms with Gasteiger partial charge in [0.05, 0.1) is 12.2 Å². The van der Waals surface area contributed by atoms with E-state index in [4.69, 9.17) is 19.8 Å². The van der Waals surface area contributed by atoms with Crippen LogP contribution in [0.2, 0.25) is 0 Å². The number of carbonyl (C=O) groups excluding carboxylic acids is 2. The highest BCUT2D eigenvalue weighted by Gasteiger charge is 2.06. The lowest BCUT2D eigenvalue weighted by Crippen LogP contribution is -2.02. The van der Waals surface area contributed by atoms with Crippen LogP contribution in [0.3, 0.4) is 0 Å². The molecule has 0 saturated heterocycles. The number of rotatable bonds is 5. The molecule has 0 aliphatic carbocycles. The van der Waals surface area contributed by atoms with Crippen molar-refractivity contribution in [3.63, 3.8) is 0 Å². The molecule has 0 amide bonds. The molecule has 1 aromatic rings. The van der Waals surface area contributed by atoms with Crippen LogP contribution < -0.4 is 9.47 Å². The van der Waals surface area contributed by atoms with E-state index in [1.807, 2.05) is 13.0 Å². The van der Waals surface area contributed by atoms with E-state index in [0.29, 0.717) is 23.7 Å². The Balaban J connectivity index is 0.000000534. The first-order chi connectivity index (χ1) is 10.3. The minimum Gasteiger partial charge on any atom is -0.492 e. The number of nitriles is 1. The van der Waals surface area contributed by atoms with E-state index >= 15 is 0 Å². The van der Waals surface area contributed by atoms with Crippen LogP contribution in [0.1, 0.15) is 32.8 Å². The second kappa shape index (κ2) is 9.94. The third-order valence-corrected chi connectivity index (χ3v) is 2.04. The Labute approximate surface area is 128 Å². The lowest BCUT2D eigenvalue weighted by atomic mass is 10.2. The lowest BCUT2D eigenvalue weighted by molar-refractivity contribution is -0.139. The van der Waals surface area contributed by atoms with Gasteiger partial charge in [0, 0.05) is 13.0 Å². The van der Waals surface area contributed by atoms with Gasteiger partial charge in [-0.2, -0.15) is 5.26 Å². The maximum absolute atomic E-state index is 10.7. The molecule has 0 spiro atoms. The van der Waals surface area contributed by atoms with Gasteiger partial charge in [-0.1, -0.05) is 0 Å². The van der Waals surface area contributed by atoms with Crippen molar-refractivity contribution >= 4 is 17.7 Å². The number of ketones is 1. The number of benzene rings is 1. The van der Waals surface area contributed by atoms with Crippen molar-refractivity contribution in [2.75, 3.05) is 6.61 Å². The van der Waals surface area contributed by atoms with E-state index in [0.717, 1.165) is 0 Å². The molecule has 0 fully saturated rings. The SMILES string of the molecule is CC(=O)CC(=O)O.CCOc1cc(OC(C)=O)ccc1C#N. The number of carboxylic acids is 1. The summed E-state index contributed by atoms with van der Waals surface area (Å²) in [7, 11) is 0. The zero-order valence-corrected chi connectivity index (χ0v) is 12.6. The maximum Gasteiger partial charge on any atom is 0.310 e. The molecule has 0 atom stereocenters. The molecule has 1 N–H and O–H groups in total. The van der Waals surface area contributed by atoms with Gasteiger partial charge in [0.25, 0.3) is 0 Å². The van der Waals surface area contributed by atoms with Gasteiger partial charge in [-0.3, -0.25) is 14.4 Å². The van der Waals surface area contributed by atoms with Gasteiger partial charge in [0.2, 0.25) is 0 Å². The van der Waals surface area contributed by atoms with Crippen LogP contribution in [0.25, 0.3) is 0 Å². The molecule has 0 aromatic heterocycles. The minimum atomic E-state index is -1.06. The fourth-order valence-corrected chi connectivity index (χ4v) is 1.31. The number of ether oxygens (including phenoxy) is 2. The molecule has 118 valence electrons. The van der Waals surface area contributed by atoms with Crippen LogP contribution in [0.4, 0.5) is 0 Å². The molecular formula is C15H17NO6. The van der Waals surface area contributed by atoms with Crippen molar-refractivity contribution in [3.8, 4) is 17.6 Å². The monoisotopic (exact) mass is 307 g/mol. The first-order valence-corrected chi connectivity index (χ1v) is 6.36. The number of Topliss-reactive ketones (excluding diaryl/α,β-unsaturated/α-hetero) is 1. The Morgan fingerprint density at radius 1 is 1.27 bits per heavy atom. The number of esters is 1. The standard InChI is InChI=1S/C11H11NO3.C4H6O3/c1-3-14-11-6-10(15-8(2)13)5-4-9(11)7-12;1-3(5)2-4(6)7/h4-6H,3H2,1-2H3;2H2,1H3,(H,6,7). The second-order valence-electron chi connectivity index (χ2n) is 4.07. The molecular weight excluding hydrogens is 290 g/mol. The molecule has 0 bridgehead atoms. The number of hydrogen-bond acceptors (Lipinski definition) is 6. The van der Waals surface area contributed by atoms with Crippen LogP contribution in [0.5, 0.6) is 11.5 Å². The molecule has 1 rings (SSSR count). The zero-order chi connectivity index (χ0) is 17.1. The average Bonchev–Trinajstić information content (AvgIpc) is 2.38. The molecule has 0 unspecified atom stereocenters. The van der Waals surface area contributed by atoms with Crippen molar-refractivity contribution in [3.05, 3.63) is 23.8 Å². The third kappa shape index (κ3) is 8.32. The molecule has 7 heteroatoms. The number of nitrogens with zero attached hydrogens (tertiary/aromatic N) is 1. The second-order valence-corrected chi connectivity index (χ2v) is 4.07. The van der Waals surface area contributed by atoms with Crippen LogP contribution >= 0.6 is 0 Å². The normalized spacial score (nSPS) is 8.82. The molecule has 0 radical (unpaired) electrons. The van der Waals surface area contributed by atoms with Gasteiger partial charge in [0.15, 0.2) is 0 Å². The molecule has 22 heavy (non-hydrogen) atoms. The molecule has 0 aliphatic rings. The number of carboxylic acid groups (broad SMARTS) is 1. The Hall–Kier alpha value is -2.88. The van der Waals surface area contributed by atoms with Crippen molar-refractivity contribution in [2.45, 2.75) is 27.2 Å². The van der Waals surface area contributed by atoms with Crippen LogP contribution in [-0.2, 0) is 14.4 Å². The average molecular weight is 307 g/mol. The van der Waals surface area contributed by atoms with Gasteiger partial charge in [0.1, 0.15) is 29.8 Å².